The number of carbonyl (C=O) groups is 2. The average Bonchev–Trinajstić information content (AvgIpc) is 2.86. The molecule has 4 aromatic rings. The smallest absolute Gasteiger partial charge is 0.397 e. The van der Waals surface area contributed by atoms with Gasteiger partial charge < -0.3 is 16.4 Å². The molecule has 0 bridgehead atoms. The Morgan fingerprint density at radius 3 is 2.06 bits per heavy atom. The summed E-state index contributed by atoms with van der Waals surface area (Å²) in [6.45, 7) is 0. The Labute approximate surface area is 205 Å². The topological polar surface area (TPSA) is 84.2 Å². The number of carbonyl (C=O) groups excluding carboxylic acids is 2. The van der Waals surface area contributed by atoms with Crippen LogP contribution in [-0.4, -0.2) is 11.8 Å². The Balaban J connectivity index is 1.43. The minimum absolute atomic E-state index is 0.124. The molecule has 0 aliphatic carbocycles. The lowest BCUT2D eigenvalue weighted by atomic mass is 9.98. The molecule has 0 heterocycles. The Morgan fingerprint density at radius 1 is 0.750 bits per heavy atom. The quantitative estimate of drug-likeness (QED) is 0.275. The molecule has 0 spiro atoms. The third kappa shape index (κ3) is 5.90. The van der Waals surface area contributed by atoms with Crippen molar-refractivity contribution in [3.63, 3.8) is 0 Å². The number of hydrogen-bond acceptors (Lipinski definition) is 3. The number of para-hydroxylation sites is 2. The molecule has 0 aliphatic rings. The Hall–Kier alpha value is -4.59. The largest absolute Gasteiger partial charge is 0.416 e. The number of nitrogens with two attached hydrogens (primary N) is 1. The fourth-order valence-electron chi connectivity index (χ4n) is 3.67. The lowest BCUT2D eigenvalue weighted by Gasteiger charge is -2.12. The van der Waals surface area contributed by atoms with Crippen LogP contribution in [0.4, 0.5) is 30.2 Å². The molecule has 0 saturated carbocycles. The molecule has 8 heteroatoms. The fraction of sp³-hybridized carbons (Fsp3) is 0.0714. The van der Waals surface area contributed by atoms with E-state index in [1.54, 1.807) is 72.8 Å². The van der Waals surface area contributed by atoms with Gasteiger partial charge in [0.05, 0.1) is 23.4 Å². The molecule has 5 nitrogen and oxygen atoms in total. The highest BCUT2D eigenvalue weighted by molar-refractivity contribution is 6.08. The predicted molar refractivity (Wildman–Crippen MR) is 134 cm³/mol. The Kier molecular flexibility index (Phi) is 7.05. The number of benzene rings is 4. The second-order valence-electron chi connectivity index (χ2n) is 8.08. The van der Waals surface area contributed by atoms with Crippen LogP contribution in [-0.2, 0) is 17.4 Å². The lowest BCUT2D eigenvalue weighted by Crippen LogP contribution is -2.16. The third-order valence-corrected chi connectivity index (χ3v) is 5.51. The molecule has 182 valence electrons. The number of amides is 2. The summed E-state index contributed by atoms with van der Waals surface area (Å²) in [7, 11) is 0. The van der Waals surface area contributed by atoms with Gasteiger partial charge in [0.2, 0.25) is 5.91 Å². The molecule has 4 rings (SSSR count). The number of halogens is 3. The van der Waals surface area contributed by atoms with Gasteiger partial charge in [-0.2, -0.15) is 13.2 Å². The van der Waals surface area contributed by atoms with Crippen LogP contribution >= 0.6 is 0 Å². The zero-order chi connectivity index (χ0) is 25.7. The molecule has 0 unspecified atom stereocenters. The van der Waals surface area contributed by atoms with E-state index in [-0.39, 0.29) is 12.3 Å². The first-order valence-corrected chi connectivity index (χ1v) is 11.0. The Bertz CT molecular complexity index is 1380. The SMILES string of the molecule is Nc1ccccc1NC(=O)Cc1ccc(NC(=O)c2ccccc2-c2ccc(C(F)(F)F)cc2)cc1. The van der Waals surface area contributed by atoms with Crippen LogP contribution in [0.25, 0.3) is 11.1 Å². The van der Waals surface area contributed by atoms with Crippen LogP contribution in [0.5, 0.6) is 0 Å². The first-order valence-electron chi connectivity index (χ1n) is 11.0. The van der Waals surface area contributed by atoms with Crippen LogP contribution in [0.2, 0.25) is 0 Å². The van der Waals surface area contributed by atoms with Gasteiger partial charge in [0, 0.05) is 11.3 Å². The van der Waals surface area contributed by atoms with E-state index in [9.17, 15) is 22.8 Å². The van der Waals surface area contributed by atoms with Crippen molar-refractivity contribution in [1.29, 1.82) is 0 Å². The second kappa shape index (κ2) is 10.4. The summed E-state index contributed by atoms with van der Waals surface area (Å²) >= 11 is 0. The summed E-state index contributed by atoms with van der Waals surface area (Å²) in [6.07, 6.45) is -4.31. The van der Waals surface area contributed by atoms with Gasteiger partial charge in [0.25, 0.3) is 5.91 Å². The first kappa shape index (κ1) is 24.5. The van der Waals surface area contributed by atoms with Gasteiger partial charge in [-0.3, -0.25) is 9.59 Å². The van der Waals surface area contributed by atoms with E-state index in [2.05, 4.69) is 10.6 Å². The molecule has 4 N–H and O–H groups in total. The maximum atomic E-state index is 13.0. The molecule has 0 atom stereocenters. The van der Waals surface area contributed by atoms with E-state index in [1.807, 2.05) is 0 Å². The van der Waals surface area contributed by atoms with Gasteiger partial charge in [-0.05, 0) is 59.2 Å². The molecule has 4 aromatic carbocycles. The summed E-state index contributed by atoms with van der Waals surface area (Å²) in [5.74, 6) is -0.634. The van der Waals surface area contributed by atoms with Crippen LogP contribution in [0.15, 0.2) is 97.1 Å². The number of hydrogen-bond donors (Lipinski definition) is 3. The van der Waals surface area contributed by atoms with Crippen LogP contribution in [0.1, 0.15) is 21.5 Å². The van der Waals surface area contributed by atoms with Crippen molar-refractivity contribution in [3.05, 3.63) is 114 Å². The van der Waals surface area contributed by atoms with Crippen LogP contribution < -0.4 is 16.4 Å². The number of anilines is 3. The van der Waals surface area contributed by atoms with Gasteiger partial charge in [0.1, 0.15) is 0 Å². The van der Waals surface area contributed by atoms with Crippen molar-refractivity contribution >= 4 is 28.9 Å². The summed E-state index contributed by atoms with van der Waals surface area (Å²) in [5.41, 5.74) is 8.69. The van der Waals surface area contributed by atoms with E-state index in [1.165, 1.54) is 12.1 Å². The molecule has 0 fully saturated rings. The average molecular weight is 489 g/mol. The van der Waals surface area contributed by atoms with Crippen molar-refractivity contribution in [2.45, 2.75) is 12.6 Å². The van der Waals surface area contributed by atoms with E-state index in [0.29, 0.717) is 33.8 Å². The van der Waals surface area contributed by atoms with Crippen molar-refractivity contribution in [3.8, 4) is 11.1 Å². The monoisotopic (exact) mass is 489 g/mol. The van der Waals surface area contributed by atoms with Gasteiger partial charge in [-0.1, -0.05) is 54.6 Å². The number of nitrogen functional groups attached to an aromatic ring is 1. The summed E-state index contributed by atoms with van der Waals surface area (Å²) in [5, 5.41) is 5.56. The number of nitrogens with one attached hydrogen (secondary N) is 2. The molecule has 2 amide bonds. The standard InChI is InChI=1S/C28H22F3N3O2/c29-28(30,31)20-13-11-19(12-14-20)22-5-1-2-6-23(22)27(36)33-21-15-9-18(10-16-21)17-26(35)34-25-8-4-3-7-24(25)32/h1-16H,17,32H2,(H,33,36)(H,34,35). The fourth-order valence-corrected chi connectivity index (χ4v) is 3.67. The maximum Gasteiger partial charge on any atom is 0.416 e. The van der Waals surface area contributed by atoms with Crippen molar-refractivity contribution in [1.82, 2.24) is 0 Å². The summed E-state index contributed by atoms with van der Waals surface area (Å²) in [6, 6.07) is 25.1. The Morgan fingerprint density at radius 2 is 1.39 bits per heavy atom. The highest BCUT2D eigenvalue weighted by Gasteiger charge is 2.30. The normalized spacial score (nSPS) is 11.1. The number of rotatable bonds is 6. The third-order valence-electron chi connectivity index (χ3n) is 5.51. The zero-order valence-electron chi connectivity index (χ0n) is 19.0. The highest BCUT2D eigenvalue weighted by atomic mass is 19.4. The molecular weight excluding hydrogens is 467 g/mol. The summed E-state index contributed by atoms with van der Waals surface area (Å²) in [4.78, 5) is 25.3. The van der Waals surface area contributed by atoms with Gasteiger partial charge in [0.15, 0.2) is 0 Å². The summed E-state index contributed by atoms with van der Waals surface area (Å²) < 4.78 is 38.7. The van der Waals surface area contributed by atoms with E-state index in [4.69, 9.17) is 5.73 Å². The molecule has 0 aliphatic heterocycles. The maximum absolute atomic E-state index is 13.0. The van der Waals surface area contributed by atoms with Crippen molar-refractivity contribution in [2.24, 2.45) is 0 Å². The van der Waals surface area contributed by atoms with Gasteiger partial charge in [-0.15, -0.1) is 0 Å². The van der Waals surface area contributed by atoms with E-state index in [0.717, 1.165) is 17.7 Å². The minimum Gasteiger partial charge on any atom is -0.397 e. The predicted octanol–water partition coefficient (Wildman–Crippen LogP) is 6.39. The number of alkyl halides is 3. The highest BCUT2D eigenvalue weighted by Crippen LogP contribution is 2.32. The molecule has 36 heavy (non-hydrogen) atoms. The second-order valence-corrected chi connectivity index (χ2v) is 8.08. The molecule has 0 saturated heterocycles. The van der Waals surface area contributed by atoms with Crippen molar-refractivity contribution in [2.75, 3.05) is 16.4 Å². The van der Waals surface area contributed by atoms with Gasteiger partial charge >= 0.3 is 6.18 Å². The van der Waals surface area contributed by atoms with Gasteiger partial charge in [-0.25, -0.2) is 0 Å². The molecular formula is C28H22F3N3O2. The zero-order valence-corrected chi connectivity index (χ0v) is 19.0. The van der Waals surface area contributed by atoms with E-state index < -0.39 is 17.6 Å². The molecule has 0 aromatic heterocycles. The van der Waals surface area contributed by atoms with Crippen LogP contribution in [0.3, 0.4) is 0 Å². The van der Waals surface area contributed by atoms with Crippen LogP contribution in [0, 0.1) is 0 Å². The van der Waals surface area contributed by atoms with E-state index >= 15 is 0 Å². The minimum atomic E-state index is -4.43. The lowest BCUT2D eigenvalue weighted by molar-refractivity contribution is -0.137. The van der Waals surface area contributed by atoms with Crippen molar-refractivity contribution < 1.29 is 22.8 Å². The first-order chi connectivity index (χ1) is 17.2. The molecule has 0 radical (unpaired) electrons.